The molecule has 29 heavy (non-hydrogen) atoms. The SMILES string of the molecule is CCCNC(=O)CNC(=O)c1cc(S(=O)(=O)Nc2ccc(OC)cc2)ccc1C. The van der Waals surface area contributed by atoms with E-state index in [-0.39, 0.29) is 22.9 Å². The Balaban J connectivity index is 2.15. The number of sulfonamides is 1. The minimum atomic E-state index is -3.90. The highest BCUT2D eigenvalue weighted by molar-refractivity contribution is 7.92. The Kier molecular flexibility index (Phi) is 7.60. The summed E-state index contributed by atoms with van der Waals surface area (Å²) in [6.45, 7) is 3.96. The molecule has 0 radical (unpaired) electrons. The number of aryl methyl sites for hydroxylation is 1. The van der Waals surface area contributed by atoms with Crippen LogP contribution in [0.2, 0.25) is 0 Å². The Morgan fingerprint density at radius 3 is 2.34 bits per heavy atom. The molecular weight excluding hydrogens is 394 g/mol. The first kappa shape index (κ1) is 22.2. The van der Waals surface area contributed by atoms with Crippen molar-refractivity contribution in [2.45, 2.75) is 25.2 Å². The Morgan fingerprint density at radius 1 is 1.03 bits per heavy atom. The van der Waals surface area contributed by atoms with Gasteiger partial charge in [0.25, 0.3) is 15.9 Å². The summed E-state index contributed by atoms with van der Waals surface area (Å²) in [4.78, 5) is 24.0. The molecule has 0 heterocycles. The molecule has 0 fully saturated rings. The third-order valence-corrected chi connectivity index (χ3v) is 5.47. The maximum Gasteiger partial charge on any atom is 0.261 e. The molecule has 0 aliphatic rings. The molecule has 0 saturated heterocycles. The standard InChI is InChI=1S/C20H25N3O5S/c1-4-11-21-19(24)13-22-20(25)18-12-17(10-5-14(18)2)29(26,27)23-15-6-8-16(28-3)9-7-15/h5-10,12,23H,4,11,13H2,1-3H3,(H,21,24)(H,22,25). The first-order valence-electron chi connectivity index (χ1n) is 9.09. The van der Waals surface area contributed by atoms with E-state index < -0.39 is 15.9 Å². The summed E-state index contributed by atoms with van der Waals surface area (Å²) in [6, 6.07) is 10.7. The third kappa shape index (κ3) is 6.21. The molecule has 2 aromatic rings. The smallest absolute Gasteiger partial charge is 0.261 e. The van der Waals surface area contributed by atoms with Crippen molar-refractivity contribution in [2.24, 2.45) is 0 Å². The lowest BCUT2D eigenvalue weighted by Gasteiger charge is -2.12. The zero-order chi connectivity index (χ0) is 21.4. The molecule has 0 unspecified atom stereocenters. The lowest BCUT2D eigenvalue weighted by atomic mass is 10.1. The largest absolute Gasteiger partial charge is 0.497 e. The highest BCUT2D eigenvalue weighted by Crippen LogP contribution is 2.21. The van der Waals surface area contributed by atoms with E-state index in [1.807, 2.05) is 6.92 Å². The van der Waals surface area contributed by atoms with Crippen LogP contribution in [0.4, 0.5) is 5.69 Å². The number of amides is 2. The molecule has 3 N–H and O–H groups in total. The lowest BCUT2D eigenvalue weighted by Crippen LogP contribution is -2.37. The van der Waals surface area contributed by atoms with E-state index in [1.165, 1.54) is 19.2 Å². The molecule has 0 spiro atoms. The quantitative estimate of drug-likeness (QED) is 0.576. The van der Waals surface area contributed by atoms with Gasteiger partial charge in [-0.3, -0.25) is 14.3 Å². The second kappa shape index (κ2) is 9.92. The highest BCUT2D eigenvalue weighted by atomic mass is 32.2. The first-order valence-corrected chi connectivity index (χ1v) is 10.6. The van der Waals surface area contributed by atoms with Gasteiger partial charge in [0.15, 0.2) is 0 Å². The average molecular weight is 420 g/mol. The lowest BCUT2D eigenvalue weighted by molar-refractivity contribution is -0.120. The summed E-state index contributed by atoms with van der Waals surface area (Å²) in [6.07, 6.45) is 0.792. The van der Waals surface area contributed by atoms with Gasteiger partial charge in [0.2, 0.25) is 5.91 Å². The molecule has 0 atom stereocenters. The molecule has 2 amide bonds. The fourth-order valence-electron chi connectivity index (χ4n) is 2.47. The van der Waals surface area contributed by atoms with Crippen molar-refractivity contribution in [2.75, 3.05) is 24.9 Å². The number of hydrogen-bond donors (Lipinski definition) is 3. The van der Waals surface area contributed by atoms with E-state index in [1.54, 1.807) is 37.3 Å². The van der Waals surface area contributed by atoms with Gasteiger partial charge in [-0.2, -0.15) is 0 Å². The van der Waals surface area contributed by atoms with Gasteiger partial charge in [-0.05, 0) is 55.3 Å². The molecule has 0 saturated carbocycles. The molecule has 0 bridgehead atoms. The molecule has 2 aromatic carbocycles. The second-order valence-electron chi connectivity index (χ2n) is 6.34. The highest BCUT2D eigenvalue weighted by Gasteiger charge is 2.18. The predicted molar refractivity (Wildman–Crippen MR) is 111 cm³/mol. The number of anilines is 1. The summed E-state index contributed by atoms with van der Waals surface area (Å²) < 4.78 is 32.9. The van der Waals surface area contributed by atoms with E-state index in [4.69, 9.17) is 4.74 Å². The van der Waals surface area contributed by atoms with Gasteiger partial charge in [-0.1, -0.05) is 13.0 Å². The van der Waals surface area contributed by atoms with E-state index >= 15 is 0 Å². The number of rotatable bonds is 9. The number of hydrogen-bond acceptors (Lipinski definition) is 5. The molecule has 0 aliphatic carbocycles. The van der Waals surface area contributed by atoms with Crippen LogP contribution in [0.15, 0.2) is 47.4 Å². The van der Waals surface area contributed by atoms with E-state index in [9.17, 15) is 18.0 Å². The Hall–Kier alpha value is -3.07. The monoisotopic (exact) mass is 419 g/mol. The zero-order valence-corrected chi connectivity index (χ0v) is 17.4. The first-order chi connectivity index (χ1) is 13.8. The molecular formula is C20H25N3O5S. The summed E-state index contributed by atoms with van der Waals surface area (Å²) in [5.74, 6) is -0.219. The van der Waals surface area contributed by atoms with Crippen molar-refractivity contribution in [3.8, 4) is 5.75 Å². The van der Waals surface area contributed by atoms with Crippen LogP contribution in [-0.4, -0.2) is 40.4 Å². The summed E-state index contributed by atoms with van der Waals surface area (Å²) in [7, 11) is -2.38. The van der Waals surface area contributed by atoms with Gasteiger partial charge in [0, 0.05) is 17.8 Å². The van der Waals surface area contributed by atoms with Crippen molar-refractivity contribution in [3.05, 3.63) is 53.6 Å². The molecule has 0 aromatic heterocycles. The van der Waals surface area contributed by atoms with Gasteiger partial charge >= 0.3 is 0 Å². The summed E-state index contributed by atoms with van der Waals surface area (Å²) >= 11 is 0. The van der Waals surface area contributed by atoms with Crippen LogP contribution >= 0.6 is 0 Å². The van der Waals surface area contributed by atoms with Gasteiger partial charge < -0.3 is 15.4 Å². The van der Waals surface area contributed by atoms with Gasteiger partial charge in [0.05, 0.1) is 18.6 Å². The maximum absolute atomic E-state index is 12.7. The Morgan fingerprint density at radius 2 is 1.72 bits per heavy atom. The van der Waals surface area contributed by atoms with Crippen LogP contribution in [0.3, 0.4) is 0 Å². The third-order valence-electron chi connectivity index (χ3n) is 4.09. The van der Waals surface area contributed by atoms with E-state index in [0.717, 1.165) is 6.42 Å². The number of carbonyl (C=O) groups is 2. The fourth-order valence-corrected chi connectivity index (χ4v) is 3.55. The fraction of sp³-hybridized carbons (Fsp3) is 0.300. The minimum Gasteiger partial charge on any atom is -0.497 e. The molecule has 8 nitrogen and oxygen atoms in total. The zero-order valence-electron chi connectivity index (χ0n) is 16.6. The van der Waals surface area contributed by atoms with Crippen molar-refractivity contribution < 1.29 is 22.7 Å². The van der Waals surface area contributed by atoms with Crippen LogP contribution in [0, 0.1) is 6.92 Å². The normalized spacial score (nSPS) is 10.9. The van der Waals surface area contributed by atoms with Crippen LogP contribution in [-0.2, 0) is 14.8 Å². The van der Waals surface area contributed by atoms with Crippen LogP contribution in [0.5, 0.6) is 5.75 Å². The van der Waals surface area contributed by atoms with Gasteiger partial charge in [-0.25, -0.2) is 8.42 Å². The van der Waals surface area contributed by atoms with Crippen LogP contribution in [0.1, 0.15) is 29.3 Å². The minimum absolute atomic E-state index is 0.0560. The molecule has 0 aliphatic heterocycles. The number of nitrogens with one attached hydrogen (secondary N) is 3. The Bertz CT molecular complexity index is 972. The topological polar surface area (TPSA) is 114 Å². The van der Waals surface area contributed by atoms with Crippen molar-refractivity contribution in [1.82, 2.24) is 10.6 Å². The molecule has 156 valence electrons. The number of carbonyl (C=O) groups excluding carboxylic acids is 2. The number of benzene rings is 2. The van der Waals surface area contributed by atoms with Crippen molar-refractivity contribution in [1.29, 1.82) is 0 Å². The van der Waals surface area contributed by atoms with Crippen molar-refractivity contribution in [3.63, 3.8) is 0 Å². The van der Waals surface area contributed by atoms with Gasteiger partial charge in [0.1, 0.15) is 5.75 Å². The molecule has 9 heteroatoms. The van der Waals surface area contributed by atoms with Crippen LogP contribution in [0.25, 0.3) is 0 Å². The van der Waals surface area contributed by atoms with Gasteiger partial charge in [-0.15, -0.1) is 0 Å². The average Bonchev–Trinajstić information content (AvgIpc) is 2.70. The van der Waals surface area contributed by atoms with Crippen LogP contribution < -0.4 is 20.1 Å². The summed E-state index contributed by atoms with van der Waals surface area (Å²) in [5, 5.41) is 5.17. The van der Waals surface area contributed by atoms with E-state index in [0.29, 0.717) is 23.5 Å². The maximum atomic E-state index is 12.7. The number of ether oxygens (including phenoxy) is 1. The van der Waals surface area contributed by atoms with Crippen molar-refractivity contribution >= 4 is 27.5 Å². The Labute approximate surface area is 170 Å². The summed E-state index contributed by atoms with van der Waals surface area (Å²) in [5.41, 5.74) is 1.15. The predicted octanol–water partition coefficient (Wildman–Crippen LogP) is 2.06. The number of methoxy groups -OCH3 is 1. The second-order valence-corrected chi connectivity index (χ2v) is 8.03. The molecule has 2 rings (SSSR count). The van der Waals surface area contributed by atoms with E-state index in [2.05, 4.69) is 15.4 Å².